The molecule has 6 heteroatoms. The van der Waals surface area contributed by atoms with Crippen LogP contribution < -0.4 is 0 Å². The highest BCUT2D eigenvalue weighted by Crippen LogP contribution is 2.45. The Kier molecular flexibility index (Phi) is 6.83. The van der Waals surface area contributed by atoms with Crippen LogP contribution in [0.4, 0.5) is 0 Å². The molecule has 0 fully saturated rings. The van der Waals surface area contributed by atoms with E-state index in [2.05, 4.69) is 108 Å². The molecule has 8 aromatic carbocycles. The summed E-state index contributed by atoms with van der Waals surface area (Å²) >= 11 is 0. The molecule has 266 valence electrons. The Morgan fingerprint density at radius 2 is 0.860 bits per heavy atom. The van der Waals surface area contributed by atoms with Gasteiger partial charge in [0.25, 0.3) is 0 Å². The number of aromatic nitrogens is 4. The van der Waals surface area contributed by atoms with Crippen LogP contribution in [-0.2, 0) is 0 Å². The van der Waals surface area contributed by atoms with Crippen LogP contribution in [0.2, 0.25) is 0 Å². The van der Waals surface area contributed by atoms with Gasteiger partial charge in [-0.3, -0.25) is 4.57 Å². The van der Waals surface area contributed by atoms with Gasteiger partial charge in [-0.1, -0.05) is 140 Å². The van der Waals surface area contributed by atoms with Crippen LogP contribution in [0.1, 0.15) is 0 Å². The summed E-state index contributed by atoms with van der Waals surface area (Å²) < 4.78 is 15.0. The van der Waals surface area contributed by atoms with Crippen LogP contribution in [0.15, 0.2) is 191 Å². The molecule has 0 unspecified atom stereocenters. The Hall–Kier alpha value is -7.83. The molecule has 4 aromatic heterocycles. The van der Waals surface area contributed by atoms with Crippen molar-refractivity contribution in [2.75, 3.05) is 0 Å². The molecular formula is C51H30N4O2. The summed E-state index contributed by atoms with van der Waals surface area (Å²) in [5.74, 6) is 1.79. The van der Waals surface area contributed by atoms with E-state index in [9.17, 15) is 0 Å². The highest BCUT2D eigenvalue weighted by Gasteiger charge is 2.22. The molecule has 0 aliphatic heterocycles. The van der Waals surface area contributed by atoms with Crippen molar-refractivity contribution in [3.8, 4) is 51.0 Å². The van der Waals surface area contributed by atoms with Gasteiger partial charge in [-0.05, 0) is 64.7 Å². The lowest BCUT2D eigenvalue weighted by molar-refractivity contribution is 0.669. The van der Waals surface area contributed by atoms with Crippen LogP contribution in [0.5, 0.6) is 0 Å². The maximum absolute atomic E-state index is 6.58. The normalized spacial score (nSPS) is 11.9. The quantitative estimate of drug-likeness (QED) is 0.176. The zero-order valence-electron chi connectivity index (χ0n) is 30.4. The van der Waals surface area contributed by atoms with Gasteiger partial charge in [-0.25, -0.2) is 4.98 Å². The standard InChI is InChI=1S/C51H30N4O2/c1-3-14-31(15-4-1)49-52-50(32-16-5-2-6-17-32)54-51(53-49)55-40-23-9-7-18-37(40)46-35(21-11-24-41(46)55)36-22-13-27-45-48(36)39-30-33(28-29-43(39)57-45)34-20-12-26-44-47(34)38-19-8-10-25-42(38)56-44/h1-30H. The fourth-order valence-corrected chi connectivity index (χ4v) is 8.59. The van der Waals surface area contributed by atoms with Gasteiger partial charge < -0.3 is 8.83 Å². The number of furan rings is 2. The first-order chi connectivity index (χ1) is 28.3. The summed E-state index contributed by atoms with van der Waals surface area (Å²) in [6.07, 6.45) is 0. The monoisotopic (exact) mass is 730 g/mol. The maximum atomic E-state index is 6.58. The molecule has 0 amide bonds. The van der Waals surface area contributed by atoms with Crippen molar-refractivity contribution in [2.24, 2.45) is 0 Å². The molecule has 0 radical (unpaired) electrons. The molecule has 0 N–H and O–H groups in total. The summed E-state index contributed by atoms with van der Waals surface area (Å²) in [6.45, 7) is 0. The molecule has 12 aromatic rings. The maximum Gasteiger partial charge on any atom is 0.238 e. The van der Waals surface area contributed by atoms with Gasteiger partial charge in [0.05, 0.1) is 11.0 Å². The Balaban J connectivity index is 1.11. The second-order valence-corrected chi connectivity index (χ2v) is 14.3. The Labute approximate surface area is 325 Å². The van der Waals surface area contributed by atoms with E-state index in [0.717, 1.165) is 99.1 Å². The fourth-order valence-electron chi connectivity index (χ4n) is 8.59. The van der Waals surface area contributed by atoms with Gasteiger partial charge in [-0.15, -0.1) is 0 Å². The fraction of sp³-hybridized carbons (Fsp3) is 0. The Morgan fingerprint density at radius 1 is 0.333 bits per heavy atom. The van der Waals surface area contributed by atoms with Crippen molar-refractivity contribution in [2.45, 2.75) is 0 Å². The number of nitrogens with zero attached hydrogens (tertiary/aromatic N) is 4. The zero-order chi connectivity index (χ0) is 37.5. The van der Waals surface area contributed by atoms with Crippen LogP contribution in [0.25, 0.3) is 117 Å². The number of fused-ring (bicyclic) bond motifs is 9. The first-order valence-electron chi connectivity index (χ1n) is 19.0. The zero-order valence-corrected chi connectivity index (χ0v) is 30.4. The molecule has 12 rings (SSSR count). The van der Waals surface area contributed by atoms with E-state index >= 15 is 0 Å². The highest BCUT2D eigenvalue weighted by atomic mass is 16.3. The number of rotatable bonds is 5. The van der Waals surface area contributed by atoms with Crippen molar-refractivity contribution in [3.63, 3.8) is 0 Å². The minimum absolute atomic E-state index is 0.559. The Morgan fingerprint density at radius 3 is 1.58 bits per heavy atom. The molecule has 6 nitrogen and oxygen atoms in total. The summed E-state index contributed by atoms with van der Waals surface area (Å²) in [5, 5.41) is 6.57. The summed E-state index contributed by atoms with van der Waals surface area (Å²) in [6, 6.07) is 62.6. The van der Waals surface area contributed by atoms with E-state index in [4.69, 9.17) is 23.8 Å². The number of benzene rings is 8. The highest BCUT2D eigenvalue weighted by molar-refractivity contribution is 6.21. The van der Waals surface area contributed by atoms with E-state index in [1.54, 1.807) is 0 Å². The lowest BCUT2D eigenvalue weighted by Crippen LogP contribution is -2.06. The molecule has 0 atom stereocenters. The van der Waals surface area contributed by atoms with E-state index in [1.807, 2.05) is 78.9 Å². The third-order valence-electron chi connectivity index (χ3n) is 11.1. The summed E-state index contributed by atoms with van der Waals surface area (Å²) in [7, 11) is 0. The topological polar surface area (TPSA) is 69.9 Å². The number of hydrogen-bond acceptors (Lipinski definition) is 5. The first-order valence-corrected chi connectivity index (χ1v) is 19.0. The molecule has 4 heterocycles. The molecule has 0 bridgehead atoms. The summed E-state index contributed by atoms with van der Waals surface area (Å²) in [5.41, 5.74) is 11.7. The van der Waals surface area contributed by atoms with Crippen LogP contribution >= 0.6 is 0 Å². The van der Waals surface area contributed by atoms with Crippen molar-refractivity contribution >= 4 is 65.7 Å². The van der Waals surface area contributed by atoms with Crippen LogP contribution in [0.3, 0.4) is 0 Å². The molecular weight excluding hydrogens is 701 g/mol. The number of para-hydroxylation sites is 2. The first kappa shape index (κ1) is 31.5. The van der Waals surface area contributed by atoms with Gasteiger partial charge in [0, 0.05) is 43.4 Å². The van der Waals surface area contributed by atoms with Crippen molar-refractivity contribution in [1.82, 2.24) is 19.5 Å². The third-order valence-corrected chi connectivity index (χ3v) is 11.1. The minimum Gasteiger partial charge on any atom is -0.456 e. The van der Waals surface area contributed by atoms with E-state index in [0.29, 0.717) is 17.6 Å². The van der Waals surface area contributed by atoms with Crippen LogP contribution in [-0.4, -0.2) is 19.5 Å². The summed E-state index contributed by atoms with van der Waals surface area (Å²) in [4.78, 5) is 15.3. The van der Waals surface area contributed by atoms with E-state index in [-0.39, 0.29) is 0 Å². The minimum atomic E-state index is 0.559. The van der Waals surface area contributed by atoms with Crippen molar-refractivity contribution in [1.29, 1.82) is 0 Å². The molecule has 0 spiro atoms. The van der Waals surface area contributed by atoms with Gasteiger partial charge in [-0.2, -0.15) is 9.97 Å². The lowest BCUT2D eigenvalue weighted by Gasteiger charge is -2.11. The van der Waals surface area contributed by atoms with Gasteiger partial charge in [0.2, 0.25) is 5.95 Å². The molecule has 0 saturated carbocycles. The average Bonchev–Trinajstić information content (AvgIpc) is 3.96. The predicted molar refractivity (Wildman–Crippen MR) is 230 cm³/mol. The molecule has 0 aliphatic carbocycles. The van der Waals surface area contributed by atoms with Gasteiger partial charge >= 0.3 is 0 Å². The predicted octanol–water partition coefficient (Wildman–Crippen LogP) is 13.4. The average molecular weight is 731 g/mol. The molecule has 0 saturated heterocycles. The lowest BCUT2D eigenvalue weighted by atomic mass is 9.94. The van der Waals surface area contributed by atoms with Gasteiger partial charge in [0.15, 0.2) is 11.6 Å². The molecule has 57 heavy (non-hydrogen) atoms. The van der Waals surface area contributed by atoms with Crippen molar-refractivity contribution in [3.05, 3.63) is 182 Å². The largest absolute Gasteiger partial charge is 0.456 e. The Bertz CT molecular complexity index is 3470. The van der Waals surface area contributed by atoms with Crippen LogP contribution in [0, 0.1) is 0 Å². The second kappa shape index (κ2) is 12.3. The smallest absolute Gasteiger partial charge is 0.238 e. The van der Waals surface area contributed by atoms with Gasteiger partial charge in [0.1, 0.15) is 22.3 Å². The van der Waals surface area contributed by atoms with E-state index < -0.39 is 0 Å². The van der Waals surface area contributed by atoms with Crippen molar-refractivity contribution < 1.29 is 8.83 Å². The number of hydrogen-bond donors (Lipinski definition) is 0. The molecule has 0 aliphatic rings. The SMILES string of the molecule is c1ccc(-c2nc(-c3ccccc3)nc(-n3c4ccccc4c4c(-c5cccc6oc7ccc(-c8cccc9oc%10ccccc%10c89)cc7c56)cccc43)n2)cc1. The second-order valence-electron chi connectivity index (χ2n) is 14.3. The van der Waals surface area contributed by atoms with E-state index in [1.165, 1.54) is 0 Å². The third kappa shape index (κ3) is 4.87.